The summed E-state index contributed by atoms with van der Waals surface area (Å²) in [7, 11) is 3.16. The Morgan fingerprint density at radius 2 is 1.28 bits per heavy atom. The van der Waals surface area contributed by atoms with Crippen molar-refractivity contribution >= 4 is 64.9 Å². The number of hydrogen-bond acceptors (Lipinski definition) is 18. The molecular weight excluding hydrogens is 1000 g/mol. The average molecular weight is 1050 g/mol. The molecule has 0 aliphatic carbocycles. The largest absolute Gasteiger partial charge is 0.490 e. The Morgan fingerprint density at radius 1 is 0.789 bits per heavy atom. The number of anilines is 1. The minimum Gasteiger partial charge on any atom is -0.490 e. The van der Waals surface area contributed by atoms with Crippen LogP contribution >= 0.6 is 23.4 Å². The molecule has 3 atom stereocenters. The van der Waals surface area contributed by atoms with Crippen LogP contribution in [0.4, 0.5) is 32.2 Å². The Hall–Kier alpha value is -7.66. The summed E-state index contributed by atoms with van der Waals surface area (Å²) >= 11 is 7.19. The van der Waals surface area contributed by atoms with Gasteiger partial charge in [-0.05, 0) is 69.9 Å². The number of rotatable bonds is 19. The first-order chi connectivity index (χ1) is 33.2. The zero-order valence-corrected chi connectivity index (χ0v) is 38.9. The predicted molar refractivity (Wildman–Crippen MR) is 237 cm³/mol. The lowest BCUT2D eigenvalue weighted by molar-refractivity contribution is -0.193. The van der Waals surface area contributed by atoms with Crippen LogP contribution in [-0.4, -0.2) is 127 Å². The van der Waals surface area contributed by atoms with E-state index in [1.54, 1.807) is 62.6 Å². The van der Waals surface area contributed by atoms with Crippen molar-refractivity contribution in [1.29, 1.82) is 10.5 Å². The number of nitrogens with two attached hydrogens (primary N) is 1. The molecule has 0 fully saturated rings. The van der Waals surface area contributed by atoms with Crippen molar-refractivity contribution in [2.75, 3.05) is 46.1 Å². The van der Waals surface area contributed by atoms with E-state index in [1.165, 1.54) is 31.9 Å². The third kappa shape index (κ3) is 20.1. The van der Waals surface area contributed by atoms with Gasteiger partial charge >= 0.3 is 36.2 Å². The lowest BCUT2D eigenvalue weighted by atomic mass is 9.97. The summed E-state index contributed by atoms with van der Waals surface area (Å²) in [5.74, 6) is -7.06. The molecule has 29 heteroatoms. The van der Waals surface area contributed by atoms with Gasteiger partial charge in [-0.1, -0.05) is 35.5 Å². The maximum atomic E-state index is 12.9. The molecule has 2 aromatic heterocycles. The smallest absolute Gasteiger partial charge is 0.490 e. The zero-order valence-electron chi connectivity index (χ0n) is 37.4. The van der Waals surface area contributed by atoms with Gasteiger partial charge in [0.25, 0.3) is 0 Å². The Bertz CT molecular complexity index is 2550. The Morgan fingerprint density at radius 3 is 1.76 bits per heavy atom. The number of amides is 2. The van der Waals surface area contributed by atoms with Gasteiger partial charge in [-0.15, -0.1) is 0 Å². The lowest BCUT2D eigenvalue weighted by Crippen LogP contribution is -2.46. The van der Waals surface area contributed by atoms with Gasteiger partial charge in [-0.2, -0.15) is 36.9 Å². The number of esters is 2. The Balaban J connectivity index is 0.00000107. The van der Waals surface area contributed by atoms with E-state index in [-0.39, 0.29) is 53.0 Å². The number of oxazole rings is 1. The van der Waals surface area contributed by atoms with Crippen molar-refractivity contribution in [3.8, 4) is 40.5 Å². The van der Waals surface area contributed by atoms with E-state index in [0.717, 1.165) is 5.56 Å². The highest BCUT2D eigenvalue weighted by Gasteiger charge is 2.39. The molecule has 0 radical (unpaired) electrons. The number of aliphatic carboxylic acids is 2. The van der Waals surface area contributed by atoms with Crippen LogP contribution in [0.1, 0.15) is 30.7 Å². The van der Waals surface area contributed by atoms with Gasteiger partial charge in [0.2, 0.25) is 17.7 Å². The van der Waals surface area contributed by atoms with Crippen molar-refractivity contribution in [2.45, 2.75) is 55.2 Å². The van der Waals surface area contributed by atoms with Crippen LogP contribution in [-0.2, 0) is 44.0 Å². The number of carbonyl (C=O) groups excluding carboxylic acids is 4. The molecule has 0 bridgehead atoms. The van der Waals surface area contributed by atoms with Crippen LogP contribution in [0.25, 0.3) is 22.6 Å². The number of alkyl halides is 6. The number of aromatic nitrogens is 2. The third-order valence-corrected chi connectivity index (χ3v) is 9.57. The molecule has 8 N–H and O–H groups in total. The second-order valence-corrected chi connectivity index (χ2v) is 15.3. The second kappa shape index (κ2) is 28.1. The summed E-state index contributed by atoms with van der Waals surface area (Å²) in [5, 5.41) is 45.7. The Labute approximate surface area is 408 Å². The van der Waals surface area contributed by atoms with Gasteiger partial charge in [-0.25, -0.2) is 29.1 Å². The number of ether oxygens (including phenoxy) is 3. The normalized spacial score (nSPS) is 12.1. The molecule has 21 nitrogen and oxygen atoms in total. The van der Waals surface area contributed by atoms with E-state index in [9.17, 15) is 56.0 Å². The molecule has 2 amide bonds. The molecule has 0 saturated carbocycles. The maximum absolute atomic E-state index is 12.9. The molecule has 4 aromatic rings. The fraction of sp³-hybridized carbons (Fsp3) is 0.333. The fourth-order valence-electron chi connectivity index (χ4n) is 5.05. The van der Waals surface area contributed by atoms with Crippen molar-refractivity contribution in [3.63, 3.8) is 0 Å². The van der Waals surface area contributed by atoms with Crippen molar-refractivity contribution in [1.82, 2.24) is 31.2 Å². The standard InChI is InChI=1S/C38H40ClN9O8S.2C2HF3O2/c1-21(45-31(49)15-43-3)37(51)55-19-28(56-38(52)22(2)46-32(50)16-44-4)18-53-27-11-7-23(8-12-27)33-29(13-40)34(42)48-36(30(33)14-41)57-20-26-17-54-35(47-26)24-5-9-25(39)10-6-24;2*3-2(4,5)1(6)7/h5-12,17,21-22,28,43-44H,15-16,18-20H2,1-4H3,(H2,42,48)(H,45,49)(H,46,50);2*(H,6,7)/t21-,22?,28-;;/m0../s1. The van der Waals surface area contributed by atoms with Crippen LogP contribution in [0, 0.1) is 22.7 Å². The van der Waals surface area contributed by atoms with Crippen LogP contribution in [0.15, 0.2) is 64.2 Å². The summed E-state index contributed by atoms with van der Waals surface area (Å²) in [6.07, 6.45) is -9.80. The number of hydrogen-bond donors (Lipinski definition) is 7. The molecule has 2 aromatic carbocycles. The second-order valence-electron chi connectivity index (χ2n) is 13.9. The summed E-state index contributed by atoms with van der Waals surface area (Å²) in [4.78, 5) is 76.1. The first-order valence-corrected chi connectivity index (χ1v) is 21.2. The molecule has 0 aliphatic heterocycles. The van der Waals surface area contributed by atoms with Crippen LogP contribution in [0.5, 0.6) is 5.75 Å². The van der Waals surface area contributed by atoms with Gasteiger partial charge in [-0.3, -0.25) is 9.59 Å². The minimum absolute atomic E-state index is 0.0110. The van der Waals surface area contributed by atoms with Gasteiger partial charge in [0.15, 0.2) is 6.10 Å². The monoisotopic (exact) mass is 1050 g/mol. The number of carbonyl (C=O) groups is 6. The van der Waals surface area contributed by atoms with Gasteiger partial charge in [0.1, 0.15) is 65.9 Å². The highest BCUT2D eigenvalue weighted by molar-refractivity contribution is 7.98. The first-order valence-electron chi connectivity index (χ1n) is 19.8. The van der Waals surface area contributed by atoms with Gasteiger partial charge in [0.05, 0.1) is 24.3 Å². The van der Waals surface area contributed by atoms with E-state index in [0.29, 0.717) is 27.9 Å². The highest BCUT2D eigenvalue weighted by atomic mass is 35.5. The van der Waals surface area contributed by atoms with Crippen LogP contribution in [0.3, 0.4) is 0 Å². The number of carboxylic acid groups (broad SMARTS) is 2. The van der Waals surface area contributed by atoms with E-state index in [1.807, 2.05) is 0 Å². The minimum atomic E-state index is -5.08. The number of carboxylic acids is 2. The predicted octanol–water partition coefficient (Wildman–Crippen LogP) is 4.22. The molecular formula is C42H42ClF6N9O12S. The highest BCUT2D eigenvalue weighted by Crippen LogP contribution is 2.37. The van der Waals surface area contributed by atoms with E-state index in [4.69, 9.17) is 55.8 Å². The lowest BCUT2D eigenvalue weighted by Gasteiger charge is -2.22. The van der Waals surface area contributed by atoms with Gasteiger partial charge in [0, 0.05) is 21.9 Å². The first kappa shape index (κ1) is 59.5. The number of pyridine rings is 1. The van der Waals surface area contributed by atoms with Gasteiger partial charge < -0.3 is 55.8 Å². The number of nitrogens with zero attached hydrogens (tertiary/aromatic N) is 4. The molecule has 1 unspecified atom stereocenters. The topological polar surface area (TPSA) is 331 Å². The number of likely N-dealkylation sites (N-methyl/N-ethyl adjacent to an activating group) is 2. The summed E-state index contributed by atoms with van der Waals surface area (Å²) < 4.78 is 85.9. The third-order valence-electron chi connectivity index (χ3n) is 8.31. The van der Waals surface area contributed by atoms with E-state index >= 15 is 0 Å². The molecule has 71 heavy (non-hydrogen) atoms. The SMILES string of the molecule is CNCC(=O)NC(C)C(=O)O[C@H](COC(=O)[C@H](C)NC(=O)CNC)COc1ccc(-c2c(C#N)c(N)nc(SCc3coc(-c4ccc(Cl)cc4)n3)c2C#N)cc1.O=C(O)C(F)(F)F.O=C(O)C(F)(F)F. The number of benzene rings is 2. The number of nitrogens with one attached hydrogen (secondary N) is 4. The van der Waals surface area contributed by atoms with Crippen molar-refractivity contribution in [2.24, 2.45) is 0 Å². The Kier molecular flexibility index (Phi) is 23.5. The van der Waals surface area contributed by atoms with Crippen molar-refractivity contribution < 1.29 is 84.0 Å². The summed E-state index contributed by atoms with van der Waals surface area (Å²) in [6.45, 7) is 2.12. The molecule has 0 saturated heterocycles. The quantitative estimate of drug-likeness (QED) is 0.0392. The maximum Gasteiger partial charge on any atom is 0.490 e. The number of halogens is 7. The molecule has 4 rings (SSSR count). The molecule has 382 valence electrons. The fourth-order valence-corrected chi connectivity index (χ4v) is 6.04. The summed E-state index contributed by atoms with van der Waals surface area (Å²) in [5.41, 5.74) is 8.42. The molecule has 2 heterocycles. The molecule has 0 spiro atoms. The van der Waals surface area contributed by atoms with Crippen LogP contribution < -0.4 is 31.7 Å². The van der Waals surface area contributed by atoms with Crippen LogP contribution in [0.2, 0.25) is 5.02 Å². The average Bonchev–Trinajstić information content (AvgIpc) is 3.78. The molecule has 0 aliphatic rings. The number of nitriles is 2. The number of nitrogen functional groups attached to an aromatic ring is 1. The zero-order chi connectivity index (χ0) is 53.6. The number of thioether (sulfide) groups is 1. The van der Waals surface area contributed by atoms with Crippen molar-refractivity contribution in [3.05, 3.63) is 76.6 Å². The van der Waals surface area contributed by atoms with E-state index in [2.05, 4.69) is 43.4 Å². The summed E-state index contributed by atoms with van der Waals surface area (Å²) in [6, 6.07) is 15.6. The van der Waals surface area contributed by atoms with E-state index < -0.39 is 72.8 Å².